The topological polar surface area (TPSA) is 23.5 Å². The summed E-state index contributed by atoms with van der Waals surface area (Å²) < 4.78 is 13.4. The first-order chi connectivity index (χ1) is 7.31. The van der Waals surface area contributed by atoms with Gasteiger partial charge in [-0.1, -0.05) is 18.2 Å². The molecule has 0 aromatic heterocycles. The summed E-state index contributed by atoms with van der Waals surface area (Å²) >= 11 is 0. The molecule has 2 nitrogen and oxygen atoms in total. The van der Waals surface area contributed by atoms with Gasteiger partial charge in [-0.15, -0.1) is 0 Å². The van der Waals surface area contributed by atoms with Crippen molar-refractivity contribution in [2.24, 2.45) is 0 Å². The second kappa shape index (κ2) is 4.73. The van der Waals surface area contributed by atoms with Crippen LogP contribution in [-0.2, 0) is 6.54 Å². The van der Waals surface area contributed by atoms with Crippen molar-refractivity contribution in [3.05, 3.63) is 35.6 Å². The quantitative estimate of drug-likeness (QED) is 0.820. The third-order valence-corrected chi connectivity index (χ3v) is 3.04. The minimum absolute atomic E-state index is 0.152. The molecule has 0 unspecified atom stereocenters. The van der Waals surface area contributed by atoms with Crippen LogP contribution in [0.1, 0.15) is 18.4 Å². The Morgan fingerprint density at radius 3 is 2.93 bits per heavy atom. The SMILES string of the molecule is OC[C@H]1CCCN1Cc1ccccc1F. The van der Waals surface area contributed by atoms with Crippen LogP contribution in [0.4, 0.5) is 4.39 Å². The fraction of sp³-hybridized carbons (Fsp3) is 0.500. The highest BCUT2D eigenvalue weighted by Gasteiger charge is 2.24. The van der Waals surface area contributed by atoms with E-state index in [1.807, 2.05) is 12.1 Å². The van der Waals surface area contributed by atoms with Gasteiger partial charge in [0.15, 0.2) is 0 Å². The third-order valence-electron chi connectivity index (χ3n) is 3.04. The summed E-state index contributed by atoms with van der Waals surface area (Å²) in [7, 11) is 0. The molecule has 0 radical (unpaired) electrons. The molecule has 0 saturated carbocycles. The Kier molecular flexibility index (Phi) is 3.34. The normalized spacial score (nSPS) is 22.1. The van der Waals surface area contributed by atoms with E-state index in [1.165, 1.54) is 6.07 Å². The number of likely N-dealkylation sites (tertiary alicyclic amines) is 1. The van der Waals surface area contributed by atoms with Crippen molar-refractivity contribution >= 4 is 0 Å². The first-order valence-electron chi connectivity index (χ1n) is 5.39. The standard InChI is InChI=1S/C12H16FNO/c13-12-6-2-1-4-10(12)8-14-7-3-5-11(14)9-15/h1-2,4,6,11,15H,3,5,7-9H2/t11-/m1/s1. The highest BCUT2D eigenvalue weighted by Crippen LogP contribution is 2.20. The number of aliphatic hydroxyl groups excluding tert-OH is 1. The van der Waals surface area contributed by atoms with E-state index in [0.29, 0.717) is 6.54 Å². The Morgan fingerprint density at radius 2 is 2.20 bits per heavy atom. The Labute approximate surface area is 89.3 Å². The van der Waals surface area contributed by atoms with Crippen molar-refractivity contribution in [2.45, 2.75) is 25.4 Å². The minimum atomic E-state index is -0.152. The molecule has 82 valence electrons. The largest absolute Gasteiger partial charge is 0.395 e. The lowest BCUT2D eigenvalue weighted by Gasteiger charge is -2.22. The van der Waals surface area contributed by atoms with Gasteiger partial charge in [-0.25, -0.2) is 4.39 Å². The van der Waals surface area contributed by atoms with Crippen LogP contribution < -0.4 is 0 Å². The molecule has 0 bridgehead atoms. The zero-order chi connectivity index (χ0) is 10.7. The summed E-state index contributed by atoms with van der Waals surface area (Å²) in [5.74, 6) is -0.152. The average Bonchev–Trinajstić information content (AvgIpc) is 2.69. The maximum absolute atomic E-state index is 13.4. The summed E-state index contributed by atoms with van der Waals surface area (Å²) in [6.45, 7) is 1.74. The lowest BCUT2D eigenvalue weighted by Crippen LogP contribution is -2.31. The van der Waals surface area contributed by atoms with Crippen LogP contribution in [-0.4, -0.2) is 29.2 Å². The number of hydrogen-bond acceptors (Lipinski definition) is 2. The molecule has 1 heterocycles. The monoisotopic (exact) mass is 209 g/mol. The molecule has 1 aliphatic heterocycles. The number of nitrogens with zero attached hydrogens (tertiary/aromatic N) is 1. The maximum Gasteiger partial charge on any atom is 0.127 e. The third kappa shape index (κ3) is 2.36. The highest BCUT2D eigenvalue weighted by atomic mass is 19.1. The van der Waals surface area contributed by atoms with Gasteiger partial charge >= 0.3 is 0 Å². The Balaban J connectivity index is 2.05. The Bertz CT molecular complexity index is 329. The maximum atomic E-state index is 13.4. The van der Waals surface area contributed by atoms with E-state index < -0.39 is 0 Å². The van der Waals surface area contributed by atoms with E-state index in [9.17, 15) is 4.39 Å². The van der Waals surface area contributed by atoms with E-state index >= 15 is 0 Å². The zero-order valence-corrected chi connectivity index (χ0v) is 8.69. The predicted molar refractivity (Wildman–Crippen MR) is 56.9 cm³/mol. The number of halogens is 1. The average molecular weight is 209 g/mol. The molecule has 0 aliphatic carbocycles. The van der Waals surface area contributed by atoms with Crippen LogP contribution in [0.2, 0.25) is 0 Å². The summed E-state index contributed by atoms with van der Waals surface area (Å²) in [5.41, 5.74) is 0.720. The van der Waals surface area contributed by atoms with Crippen molar-refractivity contribution in [3.8, 4) is 0 Å². The van der Waals surface area contributed by atoms with Gasteiger partial charge in [0, 0.05) is 18.2 Å². The van der Waals surface area contributed by atoms with Crippen LogP contribution in [0, 0.1) is 5.82 Å². The van der Waals surface area contributed by atoms with Crippen molar-refractivity contribution in [1.29, 1.82) is 0 Å². The molecule has 1 saturated heterocycles. The number of benzene rings is 1. The Morgan fingerprint density at radius 1 is 1.40 bits per heavy atom. The van der Waals surface area contributed by atoms with Crippen LogP contribution in [0.15, 0.2) is 24.3 Å². The lowest BCUT2D eigenvalue weighted by atomic mass is 10.2. The van der Waals surface area contributed by atoms with Gasteiger partial charge in [-0.3, -0.25) is 4.90 Å². The van der Waals surface area contributed by atoms with Crippen LogP contribution in [0.3, 0.4) is 0 Å². The second-order valence-corrected chi connectivity index (χ2v) is 4.04. The molecule has 0 amide bonds. The number of aliphatic hydroxyl groups is 1. The van der Waals surface area contributed by atoms with E-state index in [-0.39, 0.29) is 18.5 Å². The van der Waals surface area contributed by atoms with Crippen LogP contribution >= 0.6 is 0 Å². The highest BCUT2D eigenvalue weighted by molar-refractivity contribution is 5.17. The summed E-state index contributed by atoms with van der Waals surface area (Å²) in [6, 6.07) is 7.06. The second-order valence-electron chi connectivity index (χ2n) is 4.04. The van der Waals surface area contributed by atoms with Crippen molar-refractivity contribution in [3.63, 3.8) is 0 Å². The molecule has 1 atom stereocenters. The zero-order valence-electron chi connectivity index (χ0n) is 8.69. The Hall–Kier alpha value is -0.930. The molecule has 1 fully saturated rings. The van der Waals surface area contributed by atoms with E-state index in [4.69, 9.17) is 5.11 Å². The first-order valence-corrected chi connectivity index (χ1v) is 5.39. The molecule has 1 N–H and O–H groups in total. The molecule has 1 aliphatic rings. The van der Waals surface area contributed by atoms with E-state index in [0.717, 1.165) is 24.9 Å². The molecule has 2 rings (SSSR count). The number of rotatable bonds is 3. The van der Waals surface area contributed by atoms with Gasteiger partial charge in [0.2, 0.25) is 0 Å². The first kappa shape index (κ1) is 10.6. The smallest absolute Gasteiger partial charge is 0.127 e. The van der Waals surface area contributed by atoms with Gasteiger partial charge in [-0.2, -0.15) is 0 Å². The van der Waals surface area contributed by atoms with Gasteiger partial charge in [-0.05, 0) is 25.5 Å². The molecular formula is C12H16FNO. The fourth-order valence-corrected chi connectivity index (χ4v) is 2.16. The summed E-state index contributed by atoms with van der Waals surface area (Å²) in [5, 5.41) is 9.15. The van der Waals surface area contributed by atoms with Crippen LogP contribution in [0.25, 0.3) is 0 Å². The van der Waals surface area contributed by atoms with Gasteiger partial charge in [0.25, 0.3) is 0 Å². The molecule has 3 heteroatoms. The number of hydrogen-bond donors (Lipinski definition) is 1. The minimum Gasteiger partial charge on any atom is -0.395 e. The molecule has 15 heavy (non-hydrogen) atoms. The van der Waals surface area contributed by atoms with Crippen molar-refractivity contribution in [2.75, 3.05) is 13.2 Å². The molecule has 1 aromatic rings. The lowest BCUT2D eigenvalue weighted by molar-refractivity contribution is 0.152. The molecule has 0 spiro atoms. The van der Waals surface area contributed by atoms with Gasteiger partial charge in [0.1, 0.15) is 5.82 Å². The van der Waals surface area contributed by atoms with Crippen LogP contribution in [0.5, 0.6) is 0 Å². The van der Waals surface area contributed by atoms with Gasteiger partial charge < -0.3 is 5.11 Å². The van der Waals surface area contributed by atoms with Crippen molar-refractivity contribution in [1.82, 2.24) is 4.90 Å². The molecule has 1 aromatic carbocycles. The fourth-order valence-electron chi connectivity index (χ4n) is 2.16. The predicted octanol–water partition coefficient (Wildman–Crippen LogP) is 1.78. The van der Waals surface area contributed by atoms with E-state index in [2.05, 4.69) is 4.90 Å². The van der Waals surface area contributed by atoms with Crippen molar-refractivity contribution < 1.29 is 9.50 Å². The van der Waals surface area contributed by atoms with Gasteiger partial charge in [0.05, 0.1) is 6.61 Å². The summed E-state index contributed by atoms with van der Waals surface area (Å²) in [6.07, 6.45) is 2.12. The molecular weight excluding hydrogens is 193 g/mol. The summed E-state index contributed by atoms with van der Waals surface area (Å²) in [4.78, 5) is 2.15. The van der Waals surface area contributed by atoms with E-state index in [1.54, 1.807) is 6.07 Å².